The van der Waals surface area contributed by atoms with Crippen molar-refractivity contribution >= 4 is 0 Å². The van der Waals surface area contributed by atoms with Gasteiger partial charge >= 0.3 is 0 Å². The molecule has 102 valence electrons. The van der Waals surface area contributed by atoms with E-state index in [4.69, 9.17) is 14.7 Å². The zero-order valence-electron chi connectivity index (χ0n) is 11.3. The molecule has 0 atom stereocenters. The summed E-state index contributed by atoms with van der Waals surface area (Å²) < 4.78 is 10.7. The van der Waals surface area contributed by atoms with Gasteiger partial charge in [-0.15, -0.1) is 0 Å². The van der Waals surface area contributed by atoms with Crippen molar-refractivity contribution < 1.29 is 9.47 Å². The zero-order valence-corrected chi connectivity index (χ0v) is 11.3. The maximum absolute atomic E-state index is 8.43. The Morgan fingerprint density at radius 1 is 1.32 bits per heavy atom. The van der Waals surface area contributed by atoms with Gasteiger partial charge in [-0.2, -0.15) is 5.26 Å². The molecule has 0 saturated heterocycles. The van der Waals surface area contributed by atoms with E-state index >= 15 is 0 Å². The zero-order chi connectivity index (χ0) is 13.5. The van der Waals surface area contributed by atoms with Gasteiger partial charge in [0.15, 0.2) is 6.61 Å². The van der Waals surface area contributed by atoms with Crippen LogP contribution < -0.4 is 10.1 Å². The summed E-state index contributed by atoms with van der Waals surface area (Å²) in [5.74, 6) is 0.741. The van der Waals surface area contributed by atoms with Crippen LogP contribution in [0.25, 0.3) is 0 Å². The van der Waals surface area contributed by atoms with Crippen molar-refractivity contribution in [3.05, 3.63) is 29.8 Å². The van der Waals surface area contributed by atoms with Crippen molar-refractivity contribution in [1.82, 2.24) is 5.32 Å². The lowest BCUT2D eigenvalue weighted by atomic mass is 9.89. The van der Waals surface area contributed by atoms with Crippen molar-refractivity contribution in [2.45, 2.75) is 38.5 Å². The number of rotatable bonds is 7. The fraction of sp³-hybridized carbons (Fsp3) is 0.533. The van der Waals surface area contributed by atoms with Gasteiger partial charge in [0.25, 0.3) is 0 Å². The van der Waals surface area contributed by atoms with Crippen molar-refractivity contribution in [2.75, 3.05) is 13.2 Å². The van der Waals surface area contributed by atoms with Gasteiger partial charge in [-0.3, -0.25) is 0 Å². The molecule has 0 unspecified atom stereocenters. The minimum absolute atomic E-state index is 0.0957. The molecule has 0 spiro atoms. The predicted molar refractivity (Wildman–Crippen MR) is 72.8 cm³/mol. The molecule has 1 aromatic rings. The smallest absolute Gasteiger partial charge is 0.174 e. The van der Waals surface area contributed by atoms with Crippen LogP contribution in [0, 0.1) is 11.3 Å². The minimum atomic E-state index is 0.0957. The van der Waals surface area contributed by atoms with Crippen LogP contribution in [-0.4, -0.2) is 25.4 Å². The lowest BCUT2D eigenvalue weighted by Gasteiger charge is -2.35. The second-order valence-corrected chi connectivity index (χ2v) is 4.72. The molecule has 2 rings (SSSR count). The predicted octanol–water partition coefficient (Wildman–Crippen LogP) is 2.25. The first-order valence-corrected chi connectivity index (χ1v) is 6.75. The molecule has 1 saturated carbocycles. The molecule has 0 aromatic heterocycles. The summed E-state index contributed by atoms with van der Waals surface area (Å²) in [6.45, 7) is 3.80. The van der Waals surface area contributed by atoms with E-state index in [1.165, 1.54) is 5.56 Å². The third kappa shape index (κ3) is 4.23. The van der Waals surface area contributed by atoms with Crippen molar-refractivity contribution in [1.29, 1.82) is 5.26 Å². The summed E-state index contributed by atoms with van der Waals surface area (Å²) in [6, 6.07) is 10.4. The van der Waals surface area contributed by atoms with Gasteiger partial charge in [0, 0.05) is 19.2 Å². The topological polar surface area (TPSA) is 54.3 Å². The lowest BCUT2D eigenvalue weighted by Crippen LogP contribution is -2.45. The molecule has 1 N–H and O–H groups in total. The number of ether oxygens (including phenoxy) is 2. The molecule has 19 heavy (non-hydrogen) atoms. The van der Waals surface area contributed by atoms with Crippen molar-refractivity contribution in [2.24, 2.45) is 0 Å². The van der Waals surface area contributed by atoms with Gasteiger partial charge in [0.2, 0.25) is 0 Å². The molecule has 0 radical (unpaired) electrons. The quantitative estimate of drug-likeness (QED) is 0.817. The number of hydrogen-bond donors (Lipinski definition) is 1. The van der Waals surface area contributed by atoms with Crippen molar-refractivity contribution in [3.63, 3.8) is 0 Å². The Labute approximate surface area is 114 Å². The standard InChI is InChI=1S/C15H20N2O2/c1-2-18-15-9-13(10-15)17-11-12-3-5-14(6-4-12)19-8-7-16/h3-6,13,15,17H,2,8-11H2,1H3. The number of benzene rings is 1. The van der Waals surface area contributed by atoms with E-state index in [0.717, 1.165) is 31.7 Å². The molecule has 4 nitrogen and oxygen atoms in total. The Morgan fingerprint density at radius 3 is 2.68 bits per heavy atom. The lowest BCUT2D eigenvalue weighted by molar-refractivity contribution is -0.0102. The fourth-order valence-corrected chi connectivity index (χ4v) is 2.19. The fourth-order valence-electron chi connectivity index (χ4n) is 2.19. The molecule has 1 aliphatic carbocycles. The summed E-state index contributed by atoms with van der Waals surface area (Å²) in [5.41, 5.74) is 1.23. The van der Waals surface area contributed by atoms with Crippen LogP contribution in [0.2, 0.25) is 0 Å². The van der Waals surface area contributed by atoms with E-state index in [-0.39, 0.29) is 6.61 Å². The van der Waals surface area contributed by atoms with Gasteiger partial charge in [0.05, 0.1) is 6.10 Å². The number of nitriles is 1. The molecular weight excluding hydrogens is 240 g/mol. The second kappa shape index (κ2) is 7.13. The first kappa shape index (κ1) is 13.9. The van der Waals surface area contributed by atoms with Crippen LogP contribution in [-0.2, 0) is 11.3 Å². The average molecular weight is 260 g/mol. The number of nitrogens with zero attached hydrogens (tertiary/aromatic N) is 1. The summed E-state index contributed by atoms with van der Waals surface area (Å²) in [4.78, 5) is 0. The van der Waals surface area contributed by atoms with Crippen molar-refractivity contribution in [3.8, 4) is 11.8 Å². The van der Waals surface area contributed by atoms with Crippen LogP contribution in [0.4, 0.5) is 0 Å². The van der Waals surface area contributed by atoms with E-state index in [9.17, 15) is 0 Å². The molecule has 0 heterocycles. The first-order chi connectivity index (χ1) is 9.31. The Balaban J connectivity index is 1.68. The Kier molecular flexibility index (Phi) is 5.20. The summed E-state index contributed by atoms with van der Waals surface area (Å²) >= 11 is 0. The van der Waals surface area contributed by atoms with E-state index in [1.54, 1.807) is 0 Å². The highest BCUT2D eigenvalue weighted by Crippen LogP contribution is 2.23. The van der Waals surface area contributed by atoms with E-state index < -0.39 is 0 Å². The average Bonchev–Trinajstić information content (AvgIpc) is 2.40. The molecule has 1 fully saturated rings. The van der Waals surface area contributed by atoms with Gasteiger partial charge in [0.1, 0.15) is 11.8 Å². The molecular formula is C15H20N2O2. The summed E-state index contributed by atoms with van der Waals surface area (Å²) in [6.07, 6.45) is 2.67. The van der Waals surface area contributed by atoms with Crippen LogP contribution >= 0.6 is 0 Å². The van der Waals surface area contributed by atoms with Gasteiger partial charge in [-0.05, 0) is 37.5 Å². The summed E-state index contributed by atoms with van der Waals surface area (Å²) in [7, 11) is 0. The highest BCUT2D eigenvalue weighted by molar-refractivity contribution is 5.27. The molecule has 0 amide bonds. The van der Waals surface area contributed by atoms with Crippen LogP contribution in [0.5, 0.6) is 5.75 Å². The van der Waals surface area contributed by atoms with E-state index in [2.05, 4.69) is 5.32 Å². The normalized spacial score (nSPS) is 21.5. The van der Waals surface area contributed by atoms with E-state index in [0.29, 0.717) is 12.1 Å². The van der Waals surface area contributed by atoms with Crippen LogP contribution in [0.15, 0.2) is 24.3 Å². The first-order valence-electron chi connectivity index (χ1n) is 6.75. The minimum Gasteiger partial charge on any atom is -0.479 e. The third-order valence-electron chi connectivity index (χ3n) is 3.32. The number of hydrogen-bond acceptors (Lipinski definition) is 4. The summed E-state index contributed by atoms with van der Waals surface area (Å²) in [5, 5.41) is 11.9. The Hall–Kier alpha value is -1.57. The second-order valence-electron chi connectivity index (χ2n) is 4.72. The molecule has 0 aliphatic heterocycles. The molecule has 0 bridgehead atoms. The van der Waals surface area contributed by atoms with Gasteiger partial charge < -0.3 is 14.8 Å². The monoisotopic (exact) mass is 260 g/mol. The van der Waals surface area contributed by atoms with Gasteiger partial charge in [-0.25, -0.2) is 0 Å². The highest BCUT2D eigenvalue weighted by Gasteiger charge is 2.28. The van der Waals surface area contributed by atoms with E-state index in [1.807, 2.05) is 37.3 Å². The maximum Gasteiger partial charge on any atom is 0.174 e. The highest BCUT2D eigenvalue weighted by atomic mass is 16.5. The number of nitrogens with one attached hydrogen (secondary N) is 1. The SMILES string of the molecule is CCOC1CC(NCc2ccc(OCC#N)cc2)C1. The molecule has 1 aromatic carbocycles. The Morgan fingerprint density at radius 2 is 2.05 bits per heavy atom. The largest absolute Gasteiger partial charge is 0.479 e. The van der Waals surface area contributed by atoms with Gasteiger partial charge in [-0.1, -0.05) is 12.1 Å². The third-order valence-corrected chi connectivity index (χ3v) is 3.32. The van der Waals surface area contributed by atoms with Crippen LogP contribution in [0.1, 0.15) is 25.3 Å². The maximum atomic E-state index is 8.43. The van der Waals surface area contributed by atoms with Crippen LogP contribution in [0.3, 0.4) is 0 Å². The Bertz CT molecular complexity index is 419. The molecule has 1 aliphatic rings. The molecule has 4 heteroatoms.